The number of aromatic nitrogens is 4. The van der Waals surface area contributed by atoms with Crippen LogP contribution in [-0.2, 0) is 18.9 Å². The van der Waals surface area contributed by atoms with Gasteiger partial charge in [0.2, 0.25) is 5.95 Å². The van der Waals surface area contributed by atoms with Crippen molar-refractivity contribution in [1.82, 2.24) is 19.7 Å². The van der Waals surface area contributed by atoms with Crippen LogP contribution in [-0.4, -0.2) is 64.7 Å². The van der Waals surface area contributed by atoms with Crippen molar-refractivity contribution in [2.45, 2.75) is 58.2 Å². The molecule has 3 aromatic rings. The first-order valence-corrected chi connectivity index (χ1v) is 13.4. The molecule has 2 aliphatic heterocycles. The minimum atomic E-state index is -0.918. The fourth-order valence-electron chi connectivity index (χ4n) is 5.08. The van der Waals surface area contributed by atoms with Crippen LogP contribution in [0.25, 0.3) is 11.3 Å². The van der Waals surface area contributed by atoms with E-state index in [9.17, 15) is 4.79 Å². The summed E-state index contributed by atoms with van der Waals surface area (Å²) in [7, 11) is 0. The molecule has 0 bridgehead atoms. The summed E-state index contributed by atoms with van der Waals surface area (Å²) in [6, 6.07) is 5.35. The van der Waals surface area contributed by atoms with Gasteiger partial charge in [0, 0.05) is 23.9 Å². The molecule has 3 aliphatic rings. The molecular formula is C28H32FN5O5. The van der Waals surface area contributed by atoms with Gasteiger partial charge in [-0.1, -0.05) is 6.07 Å². The molecule has 206 valence electrons. The molecule has 11 heteroatoms. The Labute approximate surface area is 226 Å². The molecule has 10 nitrogen and oxygen atoms in total. The molecule has 1 saturated carbocycles. The van der Waals surface area contributed by atoms with Crippen LogP contribution in [0.2, 0.25) is 0 Å². The molecular weight excluding hydrogens is 505 g/mol. The Bertz CT molecular complexity index is 1370. The van der Waals surface area contributed by atoms with Gasteiger partial charge in [-0.15, -0.1) is 0 Å². The average molecular weight is 538 g/mol. The van der Waals surface area contributed by atoms with Gasteiger partial charge in [0.15, 0.2) is 12.0 Å². The second-order valence-corrected chi connectivity index (χ2v) is 10.2. The number of carbonyl (C=O) groups is 1. The number of ether oxygens (including phenoxy) is 4. The van der Waals surface area contributed by atoms with Gasteiger partial charge in [0.1, 0.15) is 11.9 Å². The normalized spacial score (nSPS) is 21.9. The molecule has 39 heavy (non-hydrogen) atoms. The summed E-state index contributed by atoms with van der Waals surface area (Å²) in [5, 5.41) is 4.52. The van der Waals surface area contributed by atoms with E-state index in [1.165, 1.54) is 6.07 Å². The Morgan fingerprint density at radius 3 is 2.69 bits per heavy atom. The number of carbonyl (C=O) groups excluding carboxylic acids is 1. The van der Waals surface area contributed by atoms with Gasteiger partial charge in [-0.3, -0.25) is 4.68 Å². The maximum absolute atomic E-state index is 15.4. The summed E-state index contributed by atoms with van der Waals surface area (Å²) >= 11 is 0. The van der Waals surface area contributed by atoms with Gasteiger partial charge in [-0.2, -0.15) is 5.10 Å². The van der Waals surface area contributed by atoms with E-state index in [4.69, 9.17) is 23.9 Å². The Kier molecular flexibility index (Phi) is 7.05. The number of rotatable bonds is 7. The zero-order chi connectivity index (χ0) is 27.1. The summed E-state index contributed by atoms with van der Waals surface area (Å²) in [6.07, 6.45) is 4.82. The maximum Gasteiger partial charge on any atom is 0.357 e. The highest BCUT2D eigenvalue weighted by Gasteiger charge is 2.36. The summed E-state index contributed by atoms with van der Waals surface area (Å²) in [5.41, 5.74) is 2.47. The van der Waals surface area contributed by atoms with Crippen molar-refractivity contribution < 1.29 is 28.1 Å². The van der Waals surface area contributed by atoms with Crippen molar-refractivity contribution in [3.8, 4) is 11.3 Å². The third-order valence-corrected chi connectivity index (χ3v) is 7.10. The highest BCUT2D eigenvalue weighted by atomic mass is 19.1. The van der Waals surface area contributed by atoms with Gasteiger partial charge in [0.05, 0.1) is 56.0 Å². The largest absolute Gasteiger partial charge is 0.461 e. The van der Waals surface area contributed by atoms with E-state index < -0.39 is 18.1 Å². The number of halogens is 1. The lowest BCUT2D eigenvalue weighted by Crippen LogP contribution is -2.44. The standard InChI is InChI=1S/C28H32FN5O5/c1-4-36-26(35)25-23(27-37-9-10-38-27)24(20-8-5-16(2)11-21(20)29)31-28(32-25)33-13-17(3)39-22(15-33)18-12-30-34(14-18)19-6-7-19/h5,8,11-12,14,17,19,22,27H,4,6-7,9-10,13,15H2,1-3H3/t17-,22-/m1/s1. The summed E-state index contributed by atoms with van der Waals surface area (Å²) in [5.74, 6) is -0.827. The molecule has 2 saturated heterocycles. The predicted octanol–water partition coefficient (Wildman–Crippen LogP) is 4.31. The Morgan fingerprint density at radius 1 is 1.18 bits per heavy atom. The molecule has 2 aromatic heterocycles. The Morgan fingerprint density at radius 2 is 1.97 bits per heavy atom. The average Bonchev–Trinajstić information content (AvgIpc) is 3.40. The third kappa shape index (κ3) is 5.26. The van der Waals surface area contributed by atoms with Crippen LogP contribution in [0.15, 0.2) is 30.6 Å². The van der Waals surface area contributed by atoms with E-state index in [0.29, 0.717) is 32.3 Å². The lowest BCUT2D eigenvalue weighted by atomic mass is 10.0. The van der Waals surface area contributed by atoms with Gasteiger partial charge < -0.3 is 23.8 Å². The van der Waals surface area contributed by atoms with Gasteiger partial charge >= 0.3 is 5.97 Å². The van der Waals surface area contributed by atoms with E-state index in [1.807, 2.05) is 35.8 Å². The SMILES string of the molecule is CCOC(=O)c1nc(N2C[C@@H](C)O[C@@H](c3cnn(C4CC4)c3)C2)nc(-c2ccc(C)cc2F)c1C1OCCO1. The number of morpholine rings is 1. The minimum absolute atomic E-state index is 0.000901. The Hall–Kier alpha value is -3.41. The zero-order valence-electron chi connectivity index (χ0n) is 22.3. The van der Waals surface area contributed by atoms with Crippen LogP contribution in [0.4, 0.5) is 10.3 Å². The molecule has 0 N–H and O–H groups in total. The lowest BCUT2D eigenvalue weighted by Gasteiger charge is -2.37. The highest BCUT2D eigenvalue weighted by Crippen LogP contribution is 2.38. The summed E-state index contributed by atoms with van der Waals surface area (Å²) in [6.45, 7) is 7.26. The van der Waals surface area contributed by atoms with Crippen molar-refractivity contribution in [1.29, 1.82) is 0 Å². The first kappa shape index (κ1) is 25.8. The number of esters is 1. The second kappa shape index (κ2) is 10.6. The zero-order valence-corrected chi connectivity index (χ0v) is 22.3. The number of anilines is 1. The Balaban J connectivity index is 1.45. The molecule has 4 heterocycles. The van der Waals surface area contributed by atoms with Crippen molar-refractivity contribution in [2.24, 2.45) is 0 Å². The van der Waals surface area contributed by atoms with Crippen molar-refractivity contribution in [3.05, 3.63) is 58.8 Å². The smallest absolute Gasteiger partial charge is 0.357 e. The first-order valence-electron chi connectivity index (χ1n) is 13.4. The molecule has 1 aliphatic carbocycles. The van der Waals surface area contributed by atoms with Crippen LogP contribution in [0.5, 0.6) is 0 Å². The topological polar surface area (TPSA) is 101 Å². The van der Waals surface area contributed by atoms with Crippen LogP contribution < -0.4 is 4.90 Å². The fraction of sp³-hybridized carbons (Fsp3) is 0.500. The molecule has 0 amide bonds. The number of nitrogens with zero attached hydrogens (tertiary/aromatic N) is 5. The molecule has 6 rings (SSSR count). The highest BCUT2D eigenvalue weighted by molar-refractivity contribution is 5.91. The molecule has 2 atom stereocenters. The van der Waals surface area contributed by atoms with Crippen molar-refractivity contribution in [3.63, 3.8) is 0 Å². The van der Waals surface area contributed by atoms with Gasteiger partial charge in [-0.05, 0) is 51.3 Å². The predicted molar refractivity (Wildman–Crippen MR) is 139 cm³/mol. The van der Waals surface area contributed by atoms with Crippen molar-refractivity contribution in [2.75, 3.05) is 37.8 Å². The lowest BCUT2D eigenvalue weighted by molar-refractivity contribution is -0.0451. The van der Waals surface area contributed by atoms with Crippen LogP contribution in [0.3, 0.4) is 0 Å². The van der Waals surface area contributed by atoms with Gasteiger partial charge in [-0.25, -0.2) is 19.2 Å². The molecule has 3 fully saturated rings. The van der Waals surface area contributed by atoms with E-state index in [0.717, 1.165) is 24.0 Å². The first-order chi connectivity index (χ1) is 18.9. The fourth-order valence-corrected chi connectivity index (χ4v) is 5.08. The number of benzene rings is 1. The maximum atomic E-state index is 15.4. The summed E-state index contributed by atoms with van der Waals surface area (Å²) < 4.78 is 40.5. The van der Waals surface area contributed by atoms with E-state index in [2.05, 4.69) is 10.1 Å². The molecule has 1 aromatic carbocycles. The van der Waals surface area contributed by atoms with Crippen molar-refractivity contribution >= 4 is 11.9 Å². The third-order valence-electron chi connectivity index (χ3n) is 7.10. The van der Waals surface area contributed by atoms with E-state index in [1.54, 1.807) is 19.1 Å². The monoisotopic (exact) mass is 537 g/mol. The van der Waals surface area contributed by atoms with E-state index in [-0.39, 0.29) is 47.3 Å². The molecule has 0 radical (unpaired) electrons. The number of hydrogen-bond donors (Lipinski definition) is 0. The van der Waals surface area contributed by atoms with Crippen LogP contribution in [0, 0.1) is 12.7 Å². The minimum Gasteiger partial charge on any atom is -0.461 e. The second-order valence-electron chi connectivity index (χ2n) is 10.2. The molecule has 0 spiro atoms. The molecule has 0 unspecified atom stereocenters. The van der Waals surface area contributed by atoms with Crippen LogP contribution in [0.1, 0.15) is 72.3 Å². The number of aryl methyl sites for hydroxylation is 1. The van der Waals surface area contributed by atoms with Gasteiger partial charge in [0.25, 0.3) is 0 Å². The quantitative estimate of drug-likeness (QED) is 0.408. The summed E-state index contributed by atoms with van der Waals surface area (Å²) in [4.78, 5) is 24.7. The van der Waals surface area contributed by atoms with Crippen LogP contribution >= 0.6 is 0 Å². The number of hydrogen-bond acceptors (Lipinski definition) is 9. The van der Waals surface area contributed by atoms with E-state index >= 15 is 4.39 Å².